The van der Waals surface area contributed by atoms with E-state index in [4.69, 9.17) is 14.2 Å². The van der Waals surface area contributed by atoms with Crippen molar-refractivity contribution in [1.82, 2.24) is 0 Å². The van der Waals surface area contributed by atoms with Crippen LogP contribution in [0.2, 0.25) is 0 Å². The highest BCUT2D eigenvalue weighted by molar-refractivity contribution is 5.92. The fourth-order valence-corrected chi connectivity index (χ4v) is 2.12. The lowest BCUT2D eigenvalue weighted by Gasteiger charge is -2.11. The van der Waals surface area contributed by atoms with Crippen LogP contribution in [0.4, 0.5) is 5.69 Å². The van der Waals surface area contributed by atoms with Crippen LogP contribution in [0.15, 0.2) is 18.2 Å². The summed E-state index contributed by atoms with van der Waals surface area (Å²) in [6.45, 7) is 2.56. The third-order valence-electron chi connectivity index (χ3n) is 3.48. The van der Waals surface area contributed by atoms with Gasteiger partial charge in [0.2, 0.25) is 5.91 Å². The Bertz CT molecular complexity index is 530. The summed E-state index contributed by atoms with van der Waals surface area (Å²) >= 11 is 0. The Kier molecular flexibility index (Phi) is 9.34. The predicted molar refractivity (Wildman–Crippen MR) is 92.5 cm³/mol. The van der Waals surface area contributed by atoms with E-state index >= 15 is 0 Å². The molecule has 1 aromatic rings. The van der Waals surface area contributed by atoms with Crippen molar-refractivity contribution >= 4 is 17.6 Å². The zero-order chi connectivity index (χ0) is 17.8. The molecule has 0 aliphatic rings. The minimum absolute atomic E-state index is 0.169. The van der Waals surface area contributed by atoms with Gasteiger partial charge in [-0.25, -0.2) is 0 Å². The van der Waals surface area contributed by atoms with E-state index in [2.05, 4.69) is 12.2 Å². The van der Waals surface area contributed by atoms with Crippen LogP contribution in [0.25, 0.3) is 0 Å². The SMILES string of the molecule is CCCCCOC(=O)CCCC(=O)Nc1ccc(OC)cc1OC. The van der Waals surface area contributed by atoms with E-state index in [0.29, 0.717) is 30.2 Å². The topological polar surface area (TPSA) is 73.9 Å². The second-order valence-corrected chi connectivity index (χ2v) is 5.40. The highest BCUT2D eigenvalue weighted by atomic mass is 16.5. The molecule has 0 unspecified atom stereocenters. The van der Waals surface area contributed by atoms with E-state index in [1.807, 2.05) is 0 Å². The molecule has 1 rings (SSSR count). The van der Waals surface area contributed by atoms with Gasteiger partial charge in [-0.1, -0.05) is 19.8 Å². The molecule has 0 saturated carbocycles. The van der Waals surface area contributed by atoms with Crippen molar-refractivity contribution in [3.63, 3.8) is 0 Å². The molecule has 1 aromatic carbocycles. The Hall–Kier alpha value is -2.24. The van der Waals surface area contributed by atoms with Gasteiger partial charge in [0.25, 0.3) is 0 Å². The first-order valence-corrected chi connectivity index (χ1v) is 8.28. The first kappa shape index (κ1) is 19.8. The van der Waals surface area contributed by atoms with E-state index < -0.39 is 0 Å². The van der Waals surface area contributed by atoms with Crippen LogP contribution in [0, 0.1) is 0 Å². The average molecular weight is 337 g/mol. The molecule has 1 amide bonds. The van der Waals surface area contributed by atoms with Crippen molar-refractivity contribution in [1.29, 1.82) is 0 Å². The number of hydrogen-bond donors (Lipinski definition) is 1. The monoisotopic (exact) mass is 337 g/mol. The summed E-state index contributed by atoms with van der Waals surface area (Å²) in [4.78, 5) is 23.5. The summed E-state index contributed by atoms with van der Waals surface area (Å²) < 4.78 is 15.4. The van der Waals surface area contributed by atoms with E-state index in [0.717, 1.165) is 19.3 Å². The maximum atomic E-state index is 12.0. The molecule has 0 atom stereocenters. The number of amides is 1. The normalized spacial score (nSPS) is 10.1. The Morgan fingerprint density at radius 3 is 2.50 bits per heavy atom. The first-order chi connectivity index (χ1) is 11.6. The summed E-state index contributed by atoms with van der Waals surface area (Å²) in [6, 6.07) is 5.16. The lowest BCUT2D eigenvalue weighted by molar-refractivity contribution is -0.143. The smallest absolute Gasteiger partial charge is 0.305 e. The zero-order valence-electron chi connectivity index (χ0n) is 14.7. The Labute approximate surface area is 143 Å². The Balaban J connectivity index is 2.32. The summed E-state index contributed by atoms with van der Waals surface area (Å²) in [5.41, 5.74) is 0.574. The van der Waals surface area contributed by atoms with Crippen LogP contribution in [0.5, 0.6) is 11.5 Å². The Morgan fingerprint density at radius 1 is 1.04 bits per heavy atom. The molecule has 0 spiro atoms. The molecule has 0 bridgehead atoms. The van der Waals surface area contributed by atoms with Gasteiger partial charge in [0.05, 0.1) is 26.5 Å². The molecule has 0 fully saturated rings. The number of benzene rings is 1. The van der Waals surface area contributed by atoms with Crippen LogP contribution < -0.4 is 14.8 Å². The molecule has 24 heavy (non-hydrogen) atoms. The number of rotatable bonds is 11. The molecule has 6 heteroatoms. The van der Waals surface area contributed by atoms with Gasteiger partial charge in [-0.3, -0.25) is 9.59 Å². The van der Waals surface area contributed by atoms with Crippen molar-refractivity contribution in [2.24, 2.45) is 0 Å². The molecule has 0 aliphatic heterocycles. The summed E-state index contributed by atoms with van der Waals surface area (Å²) in [7, 11) is 3.09. The minimum Gasteiger partial charge on any atom is -0.497 e. The molecular formula is C18H27NO5. The van der Waals surface area contributed by atoms with Crippen LogP contribution in [0.3, 0.4) is 0 Å². The average Bonchev–Trinajstić information content (AvgIpc) is 2.59. The summed E-state index contributed by atoms with van der Waals surface area (Å²) in [5, 5.41) is 2.77. The van der Waals surface area contributed by atoms with Gasteiger partial charge in [0.1, 0.15) is 11.5 Å². The molecule has 6 nitrogen and oxygen atoms in total. The molecule has 134 valence electrons. The number of anilines is 1. The van der Waals surface area contributed by atoms with Gasteiger partial charge >= 0.3 is 5.97 Å². The van der Waals surface area contributed by atoms with Gasteiger partial charge in [0, 0.05) is 18.9 Å². The minimum atomic E-state index is -0.249. The fraction of sp³-hybridized carbons (Fsp3) is 0.556. The third-order valence-corrected chi connectivity index (χ3v) is 3.48. The van der Waals surface area contributed by atoms with Crippen molar-refractivity contribution in [3.05, 3.63) is 18.2 Å². The quantitative estimate of drug-likeness (QED) is 0.494. The number of ether oxygens (including phenoxy) is 3. The van der Waals surface area contributed by atoms with E-state index in [-0.39, 0.29) is 24.7 Å². The number of nitrogens with one attached hydrogen (secondary N) is 1. The molecule has 0 saturated heterocycles. The molecule has 0 heterocycles. The highest BCUT2D eigenvalue weighted by Crippen LogP contribution is 2.29. The maximum Gasteiger partial charge on any atom is 0.305 e. The van der Waals surface area contributed by atoms with Gasteiger partial charge in [-0.15, -0.1) is 0 Å². The number of methoxy groups -OCH3 is 2. The van der Waals surface area contributed by atoms with E-state index in [1.54, 1.807) is 25.3 Å². The highest BCUT2D eigenvalue weighted by Gasteiger charge is 2.10. The fourth-order valence-electron chi connectivity index (χ4n) is 2.12. The van der Waals surface area contributed by atoms with Crippen molar-refractivity contribution in [2.45, 2.75) is 45.4 Å². The second kappa shape index (κ2) is 11.3. The van der Waals surface area contributed by atoms with Gasteiger partial charge in [0.15, 0.2) is 0 Å². The summed E-state index contributed by atoms with van der Waals surface area (Å²) in [5.74, 6) is 0.756. The van der Waals surface area contributed by atoms with Crippen LogP contribution in [-0.2, 0) is 14.3 Å². The predicted octanol–water partition coefficient (Wildman–Crippen LogP) is 3.55. The van der Waals surface area contributed by atoms with E-state index in [1.165, 1.54) is 7.11 Å². The number of unbranched alkanes of at least 4 members (excludes halogenated alkanes) is 2. The summed E-state index contributed by atoms with van der Waals surface area (Å²) in [6.07, 6.45) is 3.99. The molecular weight excluding hydrogens is 310 g/mol. The number of carbonyl (C=O) groups excluding carboxylic acids is 2. The molecule has 0 aromatic heterocycles. The largest absolute Gasteiger partial charge is 0.497 e. The van der Waals surface area contributed by atoms with Gasteiger partial charge in [-0.05, 0) is 25.0 Å². The Morgan fingerprint density at radius 2 is 1.83 bits per heavy atom. The number of esters is 1. The zero-order valence-corrected chi connectivity index (χ0v) is 14.7. The van der Waals surface area contributed by atoms with Crippen LogP contribution in [0.1, 0.15) is 45.4 Å². The van der Waals surface area contributed by atoms with Gasteiger partial charge < -0.3 is 19.5 Å². The number of hydrogen-bond acceptors (Lipinski definition) is 5. The maximum absolute atomic E-state index is 12.0. The van der Waals surface area contributed by atoms with Crippen molar-refractivity contribution in [2.75, 3.05) is 26.1 Å². The second-order valence-electron chi connectivity index (χ2n) is 5.40. The van der Waals surface area contributed by atoms with Crippen molar-refractivity contribution < 1.29 is 23.8 Å². The third kappa shape index (κ3) is 7.35. The lowest BCUT2D eigenvalue weighted by atomic mass is 10.2. The molecule has 1 N–H and O–H groups in total. The van der Waals surface area contributed by atoms with Crippen LogP contribution >= 0.6 is 0 Å². The van der Waals surface area contributed by atoms with Gasteiger partial charge in [-0.2, -0.15) is 0 Å². The van der Waals surface area contributed by atoms with Crippen molar-refractivity contribution in [3.8, 4) is 11.5 Å². The number of carbonyl (C=O) groups is 2. The first-order valence-electron chi connectivity index (χ1n) is 8.28. The molecule has 0 radical (unpaired) electrons. The van der Waals surface area contributed by atoms with E-state index in [9.17, 15) is 9.59 Å². The van der Waals surface area contributed by atoms with Crippen LogP contribution in [-0.4, -0.2) is 32.7 Å². The standard InChI is InChI=1S/C18H27NO5/c1-4-5-6-12-24-18(21)9-7-8-17(20)19-15-11-10-14(22-2)13-16(15)23-3/h10-11,13H,4-9,12H2,1-3H3,(H,19,20). The lowest BCUT2D eigenvalue weighted by Crippen LogP contribution is -2.13. The molecule has 0 aliphatic carbocycles.